The van der Waals surface area contributed by atoms with Crippen LogP contribution in [0.25, 0.3) is 10.2 Å². The summed E-state index contributed by atoms with van der Waals surface area (Å²) in [5, 5.41) is 22.4. The van der Waals surface area contributed by atoms with E-state index in [1.807, 2.05) is 20.8 Å². The van der Waals surface area contributed by atoms with Crippen LogP contribution >= 0.6 is 22.7 Å². The van der Waals surface area contributed by atoms with Gasteiger partial charge >= 0.3 is 5.97 Å². The van der Waals surface area contributed by atoms with Crippen molar-refractivity contribution in [3.63, 3.8) is 0 Å². The van der Waals surface area contributed by atoms with Crippen LogP contribution < -0.4 is 10.9 Å². The molecule has 11 heteroatoms. The molecule has 1 amide bonds. The summed E-state index contributed by atoms with van der Waals surface area (Å²) in [6, 6.07) is 0. The number of rotatable bonds is 6. The van der Waals surface area contributed by atoms with Gasteiger partial charge in [-0.1, -0.05) is 32.1 Å². The molecule has 0 fully saturated rings. The molecule has 0 spiro atoms. The zero-order valence-corrected chi connectivity index (χ0v) is 16.5. The zero-order chi connectivity index (χ0) is 19.7. The highest BCUT2D eigenvalue weighted by Crippen LogP contribution is 2.23. The fraction of sp³-hybridized carbons (Fsp3) is 0.375. The molecule has 0 unspecified atom stereocenters. The van der Waals surface area contributed by atoms with Gasteiger partial charge in [-0.15, -0.1) is 21.5 Å². The average molecular weight is 407 g/mol. The number of carboxylic acids is 1. The maximum Gasteiger partial charge on any atom is 0.337 e. The smallest absolute Gasteiger partial charge is 0.337 e. The van der Waals surface area contributed by atoms with Crippen LogP contribution in [-0.2, 0) is 17.8 Å². The minimum Gasteiger partial charge on any atom is -0.478 e. The molecule has 3 rings (SSSR count). The van der Waals surface area contributed by atoms with E-state index < -0.39 is 17.4 Å². The molecule has 0 atom stereocenters. The second kappa shape index (κ2) is 7.53. The van der Waals surface area contributed by atoms with Crippen molar-refractivity contribution in [2.24, 2.45) is 0 Å². The van der Waals surface area contributed by atoms with Crippen LogP contribution in [-0.4, -0.2) is 36.7 Å². The lowest BCUT2D eigenvalue weighted by Gasteiger charge is -2.10. The second-order valence-electron chi connectivity index (χ2n) is 6.06. The van der Waals surface area contributed by atoms with Gasteiger partial charge in [-0.3, -0.25) is 19.5 Å². The van der Waals surface area contributed by atoms with Crippen molar-refractivity contribution in [1.29, 1.82) is 0 Å². The van der Waals surface area contributed by atoms with Gasteiger partial charge in [-0.2, -0.15) is 0 Å². The Morgan fingerprint density at radius 3 is 2.67 bits per heavy atom. The first-order valence-corrected chi connectivity index (χ1v) is 9.88. The molecule has 0 aliphatic rings. The van der Waals surface area contributed by atoms with Crippen molar-refractivity contribution in [1.82, 2.24) is 19.7 Å². The number of nitrogens with zero attached hydrogens (tertiary/aromatic N) is 4. The number of aryl methyl sites for hydroxylation is 1. The maximum absolute atomic E-state index is 12.8. The molecular formula is C16H17N5O4S2. The third kappa shape index (κ3) is 3.74. The van der Waals surface area contributed by atoms with E-state index in [-0.39, 0.29) is 23.4 Å². The lowest BCUT2D eigenvalue weighted by atomic mass is 10.2. The van der Waals surface area contributed by atoms with Gasteiger partial charge in [-0.05, 0) is 0 Å². The number of aromatic carboxylic acids is 1. The number of thiophene rings is 1. The summed E-state index contributed by atoms with van der Waals surface area (Å²) in [5.41, 5.74) is -0.638. The molecule has 3 aromatic rings. The summed E-state index contributed by atoms with van der Waals surface area (Å²) in [4.78, 5) is 41.3. The fourth-order valence-electron chi connectivity index (χ4n) is 2.48. The van der Waals surface area contributed by atoms with Crippen LogP contribution in [0.4, 0.5) is 5.13 Å². The van der Waals surface area contributed by atoms with E-state index >= 15 is 0 Å². The number of aromatic nitrogens is 4. The summed E-state index contributed by atoms with van der Waals surface area (Å²) >= 11 is 2.37. The lowest BCUT2D eigenvalue weighted by Crippen LogP contribution is -2.31. The number of amides is 1. The average Bonchev–Trinajstić information content (AvgIpc) is 3.24. The minimum atomic E-state index is -1.20. The number of carboxylic acid groups (broad SMARTS) is 1. The van der Waals surface area contributed by atoms with Gasteiger partial charge in [0.1, 0.15) is 22.2 Å². The summed E-state index contributed by atoms with van der Waals surface area (Å²) < 4.78 is 1.21. The number of hydrogen-bond acceptors (Lipinski definition) is 8. The predicted octanol–water partition coefficient (Wildman–Crippen LogP) is 2.33. The molecule has 0 bridgehead atoms. The van der Waals surface area contributed by atoms with E-state index in [1.165, 1.54) is 21.3 Å². The topological polar surface area (TPSA) is 127 Å². The van der Waals surface area contributed by atoms with E-state index in [9.17, 15) is 19.5 Å². The number of carbonyl (C=O) groups excluding carboxylic acids is 1. The first-order chi connectivity index (χ1) is 12.8. The Bertz CT molecular complexity index is 1080. The maximum atomic E-state index is 12.8. The van der Waals surface area contributed by atoms with Crippen LogP contribution in [0.1, 0.15) is 47.9 Å². The molecule has 0 saturated carbocycles. The van der Waals surface area contributed by atoms with Gasteiger partial charge in [0.25, 0.3) is 5.56 Å². The number of fused-ring (bicyclic) bond motifs is 1. The highest BCUT2D eigenvalue weighted by atomic mass is 32.1. The van der Waals surface area contributed by atoms with E-state index in [1.54, 1.807) is 0 Å². The van der Waals surface area contributed by atoms with Gasteiger partial charge < -0.3 is 5.11 Å². The summed E-state index contributed by atoms with van der Waals surface area (Å²) in [5.74, 6) is -1.04. The molecule has 3 aromatic heterocycles. The molecule has 0 aliphatic heterocycles. The van der Waals surface area contributed by atoms with Crippen molar-refractivity contribution >= 4 is 49.9 Å². The Labute approximate surface area is 161 Å². The number of carbonyl (C=O) groups is 2. The summed E-state index contributed by atoms with van der Waals surface area (Å²) in [6.45, 7) is 5.48. The molecule has 3 heterocycles. The predicted molar refractivity (Wildman–Crippen MR) is 103 cm³/mol. The van der Waals surface area contributed by atoms with Gasteiger partial charge in [0.15, 0.2) is 0 Å². The molecule has 9 nitrogen and oxygen atoms in total. The molecule has 0 aromatic carbocycles. The molecule has 2 N–H and O–H groups in total. The van der Waals surface area contributed by atoms with E-state index in [4.69, 9.17) is 0 Å². The molecule has 27 heavy (non-hydrogen) atoms. The lowest BCUT2D eigenvalue weighted by molar-refractivity contribution is -0.116. The Kier molecular flexibility index (Phi) is 5.33. The Balaban J connectivity index is 1.93. The monoisotopic (exact) mass is 407 g/mol. The van der Waals surface area contributed by atoms with Crippen LogP contribution in [0.15, 0.2) is 10.2 Å². The standard InChI is InChI=1S/C16H17N5O4S2/c1-4-9-17-13-11(8(6-26-13)15(24)25)14(23)21(9)5-10(22)18-16-20-19-12(27-16)7(2)3/h6-7H,4-5H2,1-3H3,(H,24,25)(H,18,20,22). The van der Waals surface area contributed by atoms with Crippen molar-refractivity contribution in [2.45, 2.75) is 39.7 Å². The van der Waals surface area contributed by atoms with Gasteiger partial charge in [-0.25, -0.2) is 9.78 Å². The fourth-order valence-corrected chi connectivity index (χ4v) is 4.16. The molecule has 0 saturated heterocycles. The van der Waals surface area contributed by atoms with Crippen LogP contribution in [0, 0.1) is 0 Å². The molecular weight excluding hydrogens is 390 g/mol. The molecule has 142 valence electrons. The highest BCUT2D eigenvalue weighted by molar-refractivity contribution is 7.17. The Morgan fingerprint density at radius 2 is 2.07 bits per heavy atom. The van der Waals surface area contributed by atoms with Gasteiger partial charge in [0, 0.05) is 17.7 Å². The van der Waals surface area contributed by atoms with E-state index in [2.05, 4.69) is 20.5 Å². The normalized spacial score (nSPS) is 11.3. The summed E-state index contributed by atoms with van der Waals surface area (Å²) in [6.07, 6.45) is 0.426. The molecule has 0 aliphatic carbocycles. The third-order valence-electron chi connectivity index (χ3n) is 3.80. The van der Waals surface area contributed by atoms with Crippen molar-refractivity contribution < 1.29 is 14.7 Å². The summed E-state index contributed by atoms with van der Waals surface area (Å²) in [7, 11) is 0. The molecule has 0 radical (unpaired) electrons. The Morgan fingerprint density at radius 1 is 1.33 bits per heavy atom. The Hall–Kier alpha value is -2.66. The zero-order valence-electron chi connectivity index (χ0n) is 14.8. The number of anilines is 1. The number of nitrogens with one attached hydrogen (secondary N) is 1. The van der Waals surface area contributed by atoms with Gasteiger partial charge in [0.2, 0.25) is 11.0 Å². The van der Waals surface area contributed by atoms with Crippen LogP contribution in [0.3, 0.4) is 0 Å². The van der Waals surface area contributed by atoms with Crippen molar-refractivity contribution in [3.05, 3.63) is 32.1 Å². The van der Waals surface area contributed by atoms with Crippen molar-refractivity contribution in [2.75, 3.05) is 5.32 Å². The minimum absolute atomic E-state index is 0.0236. The second-order valence-corrected chi connectivity index (χ2v) is 7.92. The first-order valence-electron chi connectivity index (χ1n) is 8.19. The first kappa shape index (κ1) is 19.1. The van der Waals surface area contributed by atoms with Gasteiger partial charge in [0.05, 0.1) is 10.9 Å². The van der Waals surface area contributed by atoms with E-state index in [0.717, 1.165) is 16.3 Å². The quantitative estimate of drug-likeness (QED) is 0.642. The van der Waals surface area contributed by atoms with Crippen molar-refractivity contribution in [3.8, 4) is 0 Å². The number of hydrogen-bond donors (Lipinski definition) is 2. The largest absolute Gasteiger partial charge is 0.478 e. The van der Waals surface area contributed by atoms with E-state index in [0.29, 0.717) is 22.2 Å². The van der Waals surface area contributed by atoms with Crippen LogP contribution in [0.5, 0.6) is 0 Å². The third-order valence-corrected chi connectivity index (χ3v) is 5.81. The SMILES string of the molecule is CCc1nc2scc(C(=O)O)c2c(=O)n1CC(=O)Nc1nnc(C(C)C)s1. The highest BCUT2D eigenvalue weighted by Gasteiger charge is 2.20. The van der Waals surface area contributed by atoms with Crippen LogP contribution in [0.2, 0.25) is 0 Å².